The van der Waals surface area contributed by atoms with Gasteiger partial charge in [0.1, 0.15) is 11.9 Å². The fraction of sp³-hybridized carbons (Fsp3) is 0.125. The first-order chi connectivity index (χ1) is 10.3. The fourth-order valence-electron chi connectivity index (χ4n) is 2.16. The molecule has 0 aliphatic heterocycles. The van der Waals surface area contributed by atoms with Crippen molar-refractivity contribution in [3.63, 3.8) is 0 Å². The van der Waals surface area contributed by atoms with Crippen LogP contribution in [0.2, 0.25) is 0 Å². The van der Waals surface area contributed by atoms with E-state index in [2.05, 4.69) is 10.3 Å². The van der Waals surface area contributed by atoms with E-state index in [4.69, 9.17) is 4.74 Å². The lowest BCUT2D eigenvalue weighted by molar-refractivity contribution is 0.212. The van der Waals surface area contributed by atoms with Crippen molar-refractivity contribution < 1.29 is 9.84 Å². The van der Waals surface area contributed by atoms with Gasteiger partial charge < -0.3 is 9.84 Å². The van der Waals surface area contributed by atoms with Crippen LogP contribution < -0.4 is 4.74 Å². The summed E-state index contributed by atoms with van der Waals surface area (Å²) in [6.07, 6.45) is 0.771. The largest absolute Gasteiger partial charge is 0.497 e. The molecule has 0 amide bonds. The van der Waals surface area contributed by atoms with Crippen LogP contribution in [0.5, 0.6) is 5.75 Å². The standard InChI is InChI=1S/C16H15N3O2/c1-21-14-9-7-12(8-10-14)16(20)15-11-17-18-19(15)13-5-3-2-4-6-13/h2-11,16,20H,1H3. The van der Waals surface area contributed by atoms with Gasteiger partial charge in [0.2, 0.25) is 0 Å². The van der Waals surface area contributed by atoms with Crippen LogP contribution in [0, 0.1) is 0 Å². The molecule has 0 fully saturated rings. The molecule has 0 aliphatic carbocycles. The van der Waals surface area contributed by atoms with Gasteiger partial charge in [0.25, 0.3) is 0 Å². The topological polar surface area (TPSA) is 60.2 Å². The van der Waals surface area contributed by atoms with Crippen molar-refractivity contribution in [3.8, 4) is 11.4 Å². The smallest absolute Gasteiger partial charge is 0.123 e. The zero-order valence-corrected chi connectivity index (χ0v) is 11.5. The maximum Gasteiger partial charge on any atom is 0.123 e. The molecular formula is C16H15N3O2. The average Bonchev–Trinajstić information content (AvgIpc) is 3.04. The predicted molar refractivity (Wildman–Crippen MR) is 78.4 cm³/mol. The summed E-state index contributed by atoms with van der Waals surface area (Å²) in [5, 5.41) is 18.5. The number of para-hydroxylation sites is 1. The number of rotatable bonds is 4. The third kappa shape index (κ3) is 2.64. The number of nitrogens with zero attached hydrogens (tertiary/aromatic N) is 3. The van der Waals surface area contributed by atoms with Crippen LogP contribution in [0.25, 0.3) is 5.69 Å². The van der Waals surface area contributed by atoms with Crippen molar-refractivity contribution in [2.45, 2.75) is 6.10 Å². The highest BCUT2D eigenvalue weighted by atomic mass is 16.5. The van der Waals surface area contributed by atoms with Gasteiger partial charge in [-0.1, -0.05) is 35.5 Å². The molecule has 3 rings (SSSR count). The first-order valence-electron chi connectivity index (χ1n) is 6.57. The third-order valence-corrected chi connectivity index (χ3v) is 3.29. The van der Waals surface area contributed by atoms with Gasteiger partial charge in [-0.05, 0) is 29.8 Å². The van der Waals surface area contributed by atoms with E-state index < -0.39 is 6.10 Å². The molecule has 21 heavy (non-hydrogen) atoms. The van der Waals surface area contributed by atoms with Crippen LogP contribution >= 0.6 is 0 Å². The lowest BCUT2D eigenvalue weighted by Gasteiger charge is -2.13. The summed E-state index contributed by atoms with van der Waals surface area (Å²) in [5.41, 5.74) is 2.24. The Morgan fingerprint density at radius 2 is 1.76 bits per heavy atom. The molecular weight excluding hydrogens is 266 g/mol. The minimum Gasteiger partial charge on any atom is -0.497 e. The van der Waals surface area contributed by atoms with Gasteiger partial charge in [0, 0.05) is 0 Å². The van der Waals surface area contributed by atoms with E-state index >= 15 is 0 Å². The third-order valence-electron chi connectivity index (χ3n) is 3.29. The summed E-state index contributed by atoms with van der Waals surface area (Å²) in [7, 11) is 1.61. The Labute approximate surface area is 122 Å². The van der Waals surface area contributed by atoms with Gasteiger partial charge in [0.15, 0.2) is 0 Å². The van der Waals surface area contributed by atoms with E-state index in [0.29, 0.717) is 5.69 Å². The van der Waals surface area contributed by atoms with E-state index in [1.54, 1.807) is 18.0 Å². The van der Waals surface area contributed by atoms with Gasteiger partial charge in [-0.2, -0.15) is 0 Å². The van der Waals surface area contributed by atoms with Crippen molar-refractivity contribution in [1.29, 1.82) is 0 Å². The monoisotopic (exact) mass is 281 g/mol. The molecule has 2 aromatic carbocycles. The van der Waals surface area contributed by atoms with E-state index in [-0.39, 0.29) is 0 Å². The SMILES string of the molecule is COc1ccc(C(O)c2cnnn2-c2ccccc2)cc1. The molecule has 0 aliphatic rings. The second kappa shape index (κ2) is 5.76. The quantitative estimate of drug-likeness (QED) is 0.797. The van der Waals surface area contributed by atoms with Gasteiger partial charge in [-0.15, -0.1) is 5.10 Å². The lowest BCUT2D eigenvalue weighted by Crippen LogP contribution is -2.08. The molecule has 0 saturated heterocycles. The second-order valence-electron chi connectivity index (χ2n) is 4.58. The van der Waals surface area contributed by atoms with Crippen molar-refractivity contribution in [2.24, 2.45) is 0 Å². The molecule has 0 radical (unpaired) electrons. The second-order valence-corrected chi connectivity index (χ2v) is 4.58. The average molecular weight is 281 g/mol. The number of hydrogen-bond donors (Lipinski definition) is 1. The molecule has 1 heterocycles. The maximum atomic E-state index is 10.5. The Morgan fingerprint density at radius 1 is 1.05 bits per heavy atom. The van der Waals surface area contributed by atoms with Gasteiger partial charge in [-0.25, -0.2) is 4.68 Å². The number of aromatic nitrogens is 3. The Morgan fingerprint density at radius 3 is 2.43 bits per heavy atom. The molecule has 0 saturated carbocycles. The van der Waals surface area contributed by atoms with Crippen LogP contribution in [-0.2, 0) is 0 Å². The van der Waals surface area contributed by atoms with Crippen molar-refractivity contribution in [2.75, 3.05) is 7.11 Å². The Hall–Kier alpha value is -2.66. The molecule has 1 atom stereocenters. The molecule has 1 N–H and O–H groups in total. The van der Waals surface area contributed by atoms with Crippen molar-refractivity contribution in [1.82, 2.24) is 15.0 Å². The summed E-state index contributed by atoms with van der Waals surface area (Å²) in [5.74, 6) is 0.751. The highest BCUT2D eigenvalue weighted by Crippen LogP contribution is 2.24. The van der Waals surface area contributed by atoms with Crippen LogP contribution in [0.1, 0.15) is 17.4 Å². The minimum absolute atomic E-state index is 0.617. The number of aliphatic hydroxyl groups is 1. The molecule has 0 spiro atoms. The number of methoxy groups -OCH3 is 1. The highest BCUT2D eigenvalue weighted by molar-refractivity contribution is 5.36. The van der Waals surface area contributed by atoms with E-state index in [0.717, 1.165) is 17.0 Å². The Balaban J connectivity index is 1.95. The maximum absolute atomic E-state index is 10.5. The van der Waals surface area contributed by atoms with Crippen LogP contribution in [0.15, 0.2) is 60.8 Å². The summed E-state index contributed by atoms with van der Waals surface area (Å²) in [6.45, 7) is 0. The molecule has 3 aromatic rings. The molecule has 106 valence electrons. The van der Waals surface area contributed by atoms with Crippen LogP contribution in [0.4, 0.5) is 0 Å². The number of aliphatic hydroxyl groups excluding tert-OH is 1. The van der Waals surface area contributed by atoms with E-state index in [1.165, 1.54) is 0 Å². The first kappa shape index (κ1) is 13.3. The molecule has 0 bridgehead atoms. The normalized spacial score (nSPS) is 12.1. The highest BCUT2D eigenvalue weighted by Gasteiger charge is 2.17. The summed E-state index contributed by atoms with van der Waals surface area (Å²) in [4.78, 5) is 0. The van der Waals surface area contributed by atoms with Crippen molar-refractivity contribution >= 4 is 0 Å². The molecule has 1 unspecified atom stereocenters. The summed E-state index contributed by atoms with van der Waals surface area (Å²) < 4.78 is 6.75. The molecule has 5 nitrogen and oxygen atoms in total. The Kier molecular flexibility index (Phi) is 3.66. The number of hydrogen-bond acceptors (Lipinski definition) is 4. The fourth-order valence-corrected chi connectivity index (χ4v) is 2.16. The number of ether oxygens (including phenoxy) is 1. The molecule has 5 heteroatoms. The number of benzene rings is 2. The summed E-state index contributed by atoms with van der Waals surface area (Å²) in [6, 6.07) is 16.9. The minimum atomic E-state index is -0.800. The van der Waals surface area contributed by atoms with E-state index in [9.17, 15) is 5.11 Å². The van der Waals surface area contributed by atoms with Gasteiger partial charge >= 0.3 is 0 Å². The van der Waals surface area contributed by atoms with Gasteiger partial charge in [0.05, 0.1) is 24.7 Å². The van der Waals surface area contributed by atoms with Crippen LogP contribution in [0.3, 0.4) is 0 Å². The zero-order chi connectivity index (χ0) is 14.7. The predicted octanol–water partition coefficient (Wildman–Crippen LogP) is 2.36. The van der Waals surface area contributed by atoms with Crippen molar-refractivity contribution in [3.05, 3.63) is 72.1 Å². The van der Waals surface area contributed by atoms with Crippen LogP contribution in [-0.4, -0.2) is 27.2 Å². The van der Waals surface area contributed by atoms with Gasteiger partial charge in [-0.3, -0.25) is 0 Å². The zero-order valence-electron chi connectivity index (χ0n) is 11.5. The van der Waals surface area contributed by atoms with E-state index in [1.807, 2.05) is 54.6 Å². The first-order valence-corrected chi connectivity index (χ1v) is 6.57. The Bertz CT molecular complexity index is 708. The lowest BCUT2D eigenvalue weighted by atomic mass is 10.1. The summed E-state index contributed by atoms with van der Waals surface area (Å²) >= 11 is 0. The molecule has 1 aromatic heterocycles.